The number of aryl methyl sites for hydroxylation is 1. The molecule has 0 aliphatic heterocycles. The second-order valence-electron chi connectivity index (χ2n) is 3.28. The van der Waals surface area contributed by atoms with Crippen molar-refractivity contribution in [3.05, 3.63) is 36.2 Å². The van der Waals surface area contributed by atoms with Crippen LogP contribution < -0.4 is 0 Å². The van der Waals surface area contributed by atoms with E-state index in [2.05, 4.69) is 22.3 Å². The zero-order valence-corrected chi connectivity index (χ0v) is 7.85. The highest BCUT2D eigenvalue weighted by atomic mass is 16.2. The van der Waals surface area contributed by atoms with E-state index in [1.54, 1.807) is 12.4 Å². The zero-order valence-electron chi connectivity index (χ0n) is 7.85. The van der Waals surface area contributed by atoms with Crippen LogP contribution in [0.25, 0.3) is 10.8 Å². The molecule has 0 aliphatic rings. The Balaban J connectivity index is 2.32. The van der Waals surface area contributed by atoms with Gasteiger partial charge in [-0.25, -0.2) is 0 Å². The fourth-order valence-corrected chi connectivity index (χ4v) is 1.48. The number of hydrogen-bond donors (Lipinski definition) is 1. The van der Waals surface area contributed by atoms with Crippen molar-refractivity contribution < 1.29 is 5.11 Å². The summed E-state index contributed by atoms with van der Waals surface area (Å²) in [7, 11) is 0. The van der Waals surface area contributed by atoms with Crippen molar-refractivity contribution in [3.63, 3.8) is 0 Å². The SMILES string of the molecule is OCCCc1ccc2cnncc2c1. The second kappa shape index (κ2) is 4.15. The molecule has 1 heterocycles. The van der Waals surface area contributed by atoms with Crippen LogP contribution >= 0.6 is 0 Å². The van der Waals surface area contributed by atoms with Crippen molar-refractivity contribution in [2.24, 2.45) is 0 Å². The molecule has 1 aromatic carbocycles. The van der Waals surface area contributed by atoms with Gasteiger partial charge in [-0.1, -0.05) is 12.1 Å². The third kappa shape index (κ3) is 1.88. The van der Waals surface area contributed by atoms with Crippen molar-refractivity contribution in [1.29, 1.82) is 0 Å². The summed E-state index contributed by atoms with van der Waals surface area (Å²) in [5.74, 6) is 0. The van der Waals surface area contributed by atoms with Crippen molar-refractivity contribution in [2.75, 3.05) is 6.61 Å². The Morgan fingerprint density at radius 3 is 2.64 bits per heavy atom. The molecule has 3 nitrogen and oxygen atoms in total. The first-order valence-corrected chi connectivity index (χ1v) is 4.70. The Hall–Kier alpha value is -1.48. The molecule has 2 aromatic rings. The molecule has 1 aromatic heterocycles. The van der Waals surface area contributed by atoms with Crippen LogP contribution in [0.15, 0.2) is 30.6 Å². The van der Waals surface area contributed by atoms with Crippen molar-refractivity contribution >= 4 is 10.8 Å². The Morgan fingerprint density at radius 1 is 1.07 bits per heavy atom. The van der Waals surface area contributed by atoms with Gasteiger partial charge in [0.05, 0.1) is 12.4 Å². The molecular weight excluding hydrogens is 176 g/mol. The van der Waals surface area contributed by atoms with Crippen LogP contribution in [0, 0.1) is 0 Å². The number of fused-ring (bicyclic) bond motifs is 1. The van der Waals surface area contributed by atoms with E-state index in [1.165, 1.54) is 5.56 Å². The number of aromatic nitrogens is 2. The lowest BCUT2D eigenvalue weighted by Gasteiger charge is -2.01. The van der Waals surface area contributed by atoms with Crippen LogP contribution in [0.3, 0.4) is 0 Å². The Morgan fingerprint density at radius 2 is 1.86 bits per heavy atom. The molecule has 3 heteroatoms. The molecular formula is C11H12N2O. The van der Waals surface area contributed by atoms with Crippen LogP contribution in [0.2, 0.25) is 0 Å². The molecule has 0 saturated carbocycles. The predicted octanol–water partition coefficient (Wildman–Crippen LogP) is 1.55. The standard InChI is InChI=1S/C11H12N2O/c14-5-1-2-9-3-4-10-7-12-13-8-11(10)6-9/h3-4,6-8,14H,1-2,5H2. The smallest absolute Gasteiger partial charge is 0.0574 e. The van der Waals surface area contributed by atoms with E-state index >= 15 is 0 Å². The second-order valence-corrected chi connectivity index (χ2v) is 3.28. The van der Waals surface area contributed by atoms with Gasteiger partial charge in [0, 0.05) is 17.4 Å². The number of nitrogens with zero attached hydrogens (tertiary/aromatic N) is 2. The first kappa shape index (κ1) is 9.09. The van der Waals surface area contributed by atoms with E-state index < -0.39 is 0 Å². The van der Waals surface area contributed by atoms with Crippen LogP contribution in [-0.4, -0.2) is 21.9 Å². The topological polar surface area (TPSA) is 46.0 Å². The van der Waals surface area contributed by atoms with Crippen LogP contribution in [0.1, 0.15) is 12.0 Å². The molecule has 72 valence electrons. The fraction of sp³-hybridized carbons (Fsp3) is 0.273. The first-order valence-electron chi connectivity index (χ1n) is 4.70. The van der Waals surface area contributed by atoms with Crippen molar-refractivity contribution in [2.45, 2.75) is 12.8 Å². The van der Waals surface area contributed by atoms with E-state index in [-0.39, 0.29) is 6.61 Å². The highest BCUT2D eigenvalue weighted by molar-refractivity contribution is 5.81. The monoisotopic (exact) mass is 188 g/mol. The summed E-state index contributed by atoms with van der Waals surface area (Å²) in [6.07, 6.45) is 5.24. The molecule has 0 aliphatic carbocycles. The normalized spacial score (nSPS) is 10.6. The highest BCUT2D eigenvalue weighted by Gasteiger charge is 1.96. The van der Waals surface area contributed by atoms with Crippen LogP contribution in [0.4, 0.5) is 0 Å². The Bertz CT molecular complexity index is 428. The van der Waals surface area contributed by atoms with Gasteiger partial charge in [0.25, 0.3) is 0 Å². The van der Waals surface area contributed by atoms with Gasteiger partial charge in [-0.15, -0.1) is 0 Å². The lowest BCUT2D eigenvalue weighted by Crippen LogP contribution is -1.89. The third-order valence-corrected chi connectivity index (χ3v) is 2.24. The molecule has 0 atom stereocenters. The van der Waals surface area contributed by atoms with Gasteiger partial charge in [0.2, 0.25) is 0 Å². The number of aliphatic hydroxyl groups excluding tert-OH is 1. The van der Waals surface area contributed by atoms with Gasteiger partial charge in [-0.2, -0.15) is 10.2 Å². The quantitative estimate of drug-likeness (QED) is 0.795. The van der Waals surface area contributed by atoms with E-state index in [0.717, 1.165) is 23.6 Å². The minimum absolute atomic E-state index is 0.243. The summed E-state index contributed by atoms with van der Waals surface area (Å²) in [5, 5.41) is 18.6. The summed E-state index contributed by atoms with van der Waals surface area (Å²) < 4.78 is 0. The van der Waals surface area contributed by atoms with Crippen molar-refractivity contribution in [3.8, 4) is 0 Å². The predicted molar refractivity (Wildman–Crippen MR) is 54.9 cm³/mol. The lowest BCUT2D eigenvalue weighted by molar-refractivity contribution is 0.288. The minimum Gasteiger partial charge on any atom is -0.396 e. The molecule has 0 unspecified atom stereocenters. The Labute approximate surface area is 82.4 Å². The van der Waals surface area contributed by atoms with Gasteiger partial charge >= 0.3 is 0 Å². The number of hydrogen-bond acceptors (Lipinski definition) is 3. The summed E-state index contributed by atoms with van der Waals surface area (Å²) in [4.78, 5) is 0. The third-order valence-electron chi connectivity index (χ3n) is 2.24. The van der Waals surface area contributed by atoms with Crippen LogP contribution in [0.5, 0.6) is 0 Å². The highest BCUT2D eigenvalue weighted by Crippen LogP contribution is 2.14. The lowest BCUT2D eigenvalue weighted by atomic mass is 10.1. The molecule has 2 rings (SSSR count). The average Bonchev–Trinajstić information content (AvgIpc) is 2.26. The zero-order chi connectivity index (χ0) is 9.80. The van der Waals surface area contributed by atoms with E-state index in [9.17, 15) is 0 Å². The van der Waals surface area contributed by atoms with E-state index in [1.807, 2.05) is 6.07 Å². The molecule has 0 bridgehead atoms. The van der Waals surface area contributed by atoms with Crippen LogP contribution in [-0.2, 0) is 6.42 Å². The largest absolute Gasteiger partial charge is 0.396 e. The molecule has 14 heavy (non-hydrogen) atoms. The van der Waals surface area contributed by atoms with E-state index in [0.29, 0.717) is 0 Å². The first-order chi connectivity index (χ1) is 6.90. The molecule has 0 amide bonds. The van der Waals surface area contributed by atoms with Gasteiger partial charge in [-0.3, -0.25) is 0 Å². The summed E-state index contributed by atoms with van der Waals surface area (Å²) in [6.45, 7) is 0.243. The Kier molecular flexibility index (Phi) is 2.70. The maximum Gasteiger partial charge on any atom is 0.0574 e. The maximum absolute atomic E-state index is 8.72. The fourth-order valence-electron chi connectivity index (χ4n) is 1.48. The van der Waals surface area contributed by atoms with Gasteiger partial charge in [0.1, 0.15) is 0 Å². The van der Waals surface area contributed by atoms with Crippen molar-refractivity contribution in [1.82, 2.24) is 10.2 Å². The minimum atomic E-state index is 0.243. The average molecular weight is 188 g/mol. The van der Waals surface area contributed by atoms with Gasteiger partial charge in [0.15, 0.2) is 0 Å². The van der Waals surface area contributed by atoms with E-state index in [4.69, 9.17) is 5.11 Å². The number of aliphatic hydroxyl groups is 1. The summed E-state index contributed by atoms with van der Waals surface area (Å²) in [5.41, 5.74) is 1.24. The van der Waals surface area contributed by atoms with Gasteiger partial charge < -0.3 is 5.11 Å². The molecule has 0 fully saturated rings. The summed E-state index contributed by atoms with van der Waals surface area (Å²) >= 11 is 0. The maximum atomic E-state index is 8.72. The number of benzene rings is 1. The number of rotatable bonds is 3. The summed E-state index contributed by atoms with van der Waals surface area (Å²) in [6, 6.07) is 6.20. The molecule has 1 N–H and O–H groups in total. The van der Waals surface area contributed by atoms with Gasteiger partial charge in [-0.05, 0) is 24.5 Å². The molecule has 0 saturated heterocycles. The molecule has 0 radical (unpaired) electrons. The molecule has 0 spiro atoms.